The first kappa shape index (κ1) is 17.0. The van der Waals surface area contributed by atoms with Crippen LogP contribution in [0.5, 0.6) is 11.5 Å². The summed E-state index contributed by atoms with van der Waals surface area (Å²) in [6.07, 6.45) is 1.68. The number of hydrogen-bond donors (Lipinski definition) is 1. The van der Waals surface area contributed by atoms with E-state index < -0.39 is 0 Å². The number of amides is 1. The number of aliphatic imine (C=N–C) groups is 1. The number of benzene rings is 2. The topological polar surface area (TPSA) is 73.9 Å². The second-order valence-corrected chi connectivity index (χ2v) is 6.22. The fraction of sp³-hybridized carbons (Fsp3) is 0.111. The molecular weight excluding hydrogens is 343 g/mol. The lowest BCUT2D eigenvalue weighted by Crippen LogP contribution is -2.01. The highest BCUT2D eigenvalue weighted by atomic mass is 32.2. The number of carbonyl (C=O) groups excluding carboxylic acids is 1. The van der Waals surface area contributed by atoms with Crippen LogP contribution in [0, 0.1) is 5.82 Å². The second kappa shape index (κ2) is 7.40. The summed E-state index contributed by atoms with van der Waals surface area (Å²) in [4.78, 5) is 15.8. The van der Waals surface area contributed by atoms with Gasteiger partial charge in [0, 0.05) is 5.56 Å². The quantitative estimate of drug-likeness (QED) is 0.830. The van der Waals surface area contributed by atoms with Crippen molar-refractivity contribution >= 4 is 28.9 Å². The van der Waals surface area contributed by atoms with Crippen LogP contribution in [0.4, 0.5) is 4.39 Å². The smallest absolute Gasteiger partial charge is 0.286 e. The molecule has 128 valence electrons. The number of carbonyl (C=O) groups is 1. The van der Waals surface area contributed by atoms with Gasteiger partial charge in [0.25, 0.3) is 5.91 Å². The van der Waals surface area contributed by atoms with Crippen molar-refractivity contribution in [2.24, 2.45) is 10.7 Å². The molecule has 0 saturated heterocycles. The zero-order chi connectivity index (χ0) is 17.8. The highest BCUT2D eigenvalue weighted by Gasteiger charge is 2.19. The molecule has 25 heavy (non-hydrogen) atoms. The van der Waals surface area contributed by atoms with Gasteiger partial charge in [0.2, 0.25) is 0 Å². The average molecular weight is 358 g/mol. The molecule has 7 heteroatoms. The van der Waals surface area contributed by atoms with Crippen molar-refractivity contribution in [3.05, 3.63) is 64.3 Å². The fourth-order valence-electron chi connectivity index (χ4n) is 2.24. The molecule has 2 N–H and O–H groups in total. The molecule has 2 aromatic carbocycles. The Morgan fingerprint density at radius 3 is 2.72 bits per heavy atom. The first-order chi connectivity index (χ1) is 12.1. The van der Waals surface area contributed by atoms with Gasteiger partial charge in [-0.2, -0.15) is 4.99 Å². The van der Waals surface area contributed by atoms with E-state index in [1.165, 1.54) is 13.2 Å². The van der Waals surface area contributed by atoms with Gasteiger partial charge in [-0.1, -0.05) is 24.3 Å². The van der Waals surface area contributed by atoms with Crippen molar-refractivity contribution in [2.75, 3.05) is 7.11 Å². The Labute approximate surface area is 148 Å². The third-order valence-corrected chi connectivity index (χ3v) is 4.28. The molecule has 0 bridgehead atoms. The molecule has 5 nitrogen and oxygen atoms in total. The maximum Gasteiger partial charge on any atom is 0.286 e. The lowest BCUT2D eigenvalue weighted by molar-refractivity contribution is -0.113. The van der Waals surface area contributed by atoms with E-state index in [1.807, 2.05) is 0 Å². The largest absolute Gasteiger partial charge is 0.493 e. The van der Waals surface area contributed by atoms with Gasteiger partial charge in [-0.05, 0) is 41.6 Å². The number of nitrogens with zero attached hydrogens (tertiary/aromatic N) is 1. The molecule has 0 aromatic heterocycles. The van der Waals surface area contributed by atoms with Crippen molar-refractivity contribution < 1.29 is 18.7 Å². The van der Waals surface area contributed by atoms with Gasteiger partial charge in [-0.3, -0.25) is 4.79 Å². The summed E-state index contributed by atoms with van der Waals surface area (Å²) in [6.45, 7) is 0.0855. The van der Waals surface area contributed by atoms with E-state index in [0.29, 0.717) is 22.0 Å². The molecule has 0 aliphatic carbocycles. The Morgan fingerprint density at radius 2 is 2.04 bits per heavy atom. The maximum absolute atomic E-state index is 13.7. The molecule has 1 amide bonds. The summed E-state index contributed by atoms with van der Waals surface area (Å²) in [5.41, 5.74) is 6.73. The van der Waals surface area contributed by atoms with Crippen molar-refractivity contribution in [3.63, 3.8) is 0 Å². The zero-order valence-electron chi connectivity index (χ0n) is 13.4. The summed E-state index contributed by atoms with van der Waals surface area (Å²) in [6, 6.07) is 11.6. The van der Waals surface area contributed by atoms with Crippen LogP contribution in [-0.2, 0) is 11.4 Å². The van der Waals surface area contributed by atoms with E-state index in [9.17, 15) is 9.18 Å². The molecule has 0 spiro atoms. The average Bonchev–Trinajstić information content (AvgIpc) is 2.92. The van der Waals surface area contributed by atoms with Gasteiger partial charge in [-0.25, -0.2) is 4.39 Å². The van der Waals surface area contributed by atoms with Crippen molar-refractivity contribution in [3.8, 4) is 11.5 Å². The Morgan fingerprint density at radius 1 is 1.24 bits per heavy atom. The normalized spacial score (nSPS) is 15.4. The number of amidine groups is 1. The molecule has 0 radical (unpaired) electrons. The summed E-state index contributed by atoms with van der Waals surface area (Å²) >= 11 is 1.12. The molecule has 2 aromatic rings. The van der Waals surface area contributed by atoms with Crippen LogP contribution in [0.3, 0.4) is 0 Å². The maximum atomic E-state index is 13.7. The van der Waals surface area contributed by atoms with E-state index in [1.54, 1.807) is 42.5 Å². The van der Waals surface area contributed by atoms with Crippen molar-refractivity contribution in [1.29, 1.82) is 0 Å². The minimum absolute atomic E-state index is 0.0855. The molecule has 0 fully saturated rings. The van der Waals surface area contributed by atoms with Gasteiger partial charge in [0.05, 0.1) is 12.0 Å². The monoisotopic (exact) mass is 358 g/mol. The minimum Gasteiger partial charge on any atom is -0.493 e. The molecule has 1 aliphatic rings. The third-order valence-electron chi connectivity index (χ3n) is 3.46. The fourth-order valence-corrected chi connectivity index (χ4v) is 2.92. The second-order valence-electron chi connectivity index (χ2n) is 5.16. The Bertz CT molecular complexity index is 880. The molecule has 0 unspecified atom stereocenters. The van der Waals surface area contributed by atoms with Crippen LogP contribution in [0.25, 0.3) is 6.08 Å². The van der Waals surface area contributed by atoms with E-state index in [4.69, 9.17) is 15.2 Å². The summed E-state index contributed by atoms with van der Waals surface area (Å²) < 4.78 is 24.6. The lowest BCUT2D eigenvalue weighted by Gasteiger charge is -2.12. The number of ether oxygens (including phenoxy) is 2. The van der Waals surface area contributed by atoms with Crippen LogP contribution in [0.15, 0.2) is 52.4 Å². The predicted octanol–water partition coefficient (Wildman–Crippen LogP) is 3.34. The van der Waals surface area contributed by atoms with Crippen LogP contribution >= 0.6 is 11.8 Å². The SMILES string of the molecule is COc1cc(/C=C2\SC(N)=NC2=O)ccc1OCc1ccccc1F. The van der Waals surface area contributed by atoms with Gasteiger partial charge in [0.1, 0.15) is 12.4 Å². The number of halogens is 1. The first-order valence-corrected chi connectivity index (χ1v) is 8.21. The van der Waals surface area contributed by atoms with Crippen LogP contribution in [0.2, 0.25) is 0 Å². The van der Waals surface area contributed by atoms with E-state index in [0.717, 1.165) is 17.3 Å². The van der Waals surface area contributed by atoms with Crippen molar-refractivity contribution in [2.45, 2.75) is 6.61 Å². The Hall–Kier alpha value is -2.80. The van der Waals surface area contributed by atoms with Gasteiger partial charge >= 0.3 is 0 Å². The number of methoxy groups -OCH3 is 1. The summed E-state index contributed by atoms with van der Waals surface area (Å²) in [7, 11) is 1.51. The van der Waals surface area contributed by atoms with Gasteiger partial charge in [0.15, 0.2) is 16.7 Å². The standard InChI is InChI=1S/C18H15FN2O3S/c1-23-15-8-11(9-16-17(22)21-18(20)25-16)6-7-14(15)24-10-12-4-2-3-5-13(12)19/h2-9H,10H2,1H3,(H2,20,21,22)/b16-9-. The van der Waals surface area contributed by atoms with Gasteiger partial charge < -0.3 is 15.2 Å². The molecule has 1 aliphatic heterocycles. The lowest BCUT2D eigenvalue weighted by atomic mass is 10.2. The molecule has 1 heterocycles. The summed E-state index contributed by atoms with van der Waals surface area (Å²) in [5.74, 6) is 0.280. The zero-order valence-corrected chi connectivity index (χ0v) is 14.2. The predicted molar refractivity (Wildman–Crippen MR) is 95.9 cm³/mol. The minimum atomic E-state index is -0.360. The Balaban J connectivity index is 1.77. The molecule has 0 atom stereocenters. The van der Waals surface area contributed by atoms with Crippen LogP contribution in [0.1, 0.15) is 11.1 Å². The van der Waals surface area contributed by atoms with E-state index in [-0.39, 0.29) is 23.5 Å². The highest BCUT2D eigenvalue weighted by Crippen LogP contribution is 2.32. The Kier molecular flexibility index (Phi) is 5.04. The number of hydrogen-bond acceptors (Lipinski definition) is 5. The molecule has 0 saturated carbocycles. The number of nitrogens with two attached hydrogens (primary N) is 1. The van der Waals surface area contributed by atoms with Crippen molar-refractivity contribution in [1.82, 2.24) is 0 Å². The number of thioether (sulfide) groups is 1. The van der Waals surface area contributed by atoms with E-state index in [2.05, 4.69) is 4.99 Å². The molecule has 3 rings (SSSR count). The number of rotatable bonds is 5. The first-order valence-electron chi connectivity index (χ1n) is 7.39. The molecular formula is C18H15FN2O3S. The summed E-state index contributed by atoms with van der Waals surface area (Å²) in [5, 5.41) is 0.230. The third kappa shape index (κ3) is 4.00. The van der Waals surface area contributed by atoms with Gasteiger partial charge in [-0.15, -0.1) is 0 Å². The van der Waals surface area contributed by atoms with E-state index >= 15 is 0 Å². The van der Waals surface area contributed by atoms with Crippen LogP contribution < -0.4 is 15.2 Å². The highest BCUT2D eigenvalue weighted by molar-refractivity contribution is 8.18. The van der Waals surface area contributed by atoms with Crippen LogP contribution in [-0.4, -0.2) is 18.2 Å².